The Morgan fingerprint density at radius 2 is 2.00 bits per heavy atom. The van der Waals surface area contributed by atoms with E-state index in [9.17, 15) is 4.79 Å². The van der Waals surface area contributed by atoms with Gasteiger partial charge < -0.3 is 11.1 Å². The summed E-state index contributed by atoms with van der Waals surface area (Å²) in [6.45, 7) is 8.25. The SMILES string of the molecule is CCC(C)C(=O)Nc1nc2c(nc1CC(C)C)-c1ccc(N)cc1CC2. The van der Waals surface area contributed by atoms with E-state index in [4.69, 9.17) is 15.7 Å². The van der Waals surface area contributed by atoms with Gasteiger partial charge >= 0.3 is 0 Å². The Bertz CT molecular complexity index is 829. The molecule has 2 aromatic rings. The maximum absolute atomic E-state index is 12.4. The highest BCUT2D eigenvalue weighted by Crippen LogP contribution is 2.34. The second kappa shape index (κ2) is 7.44. The van der Waals surface area contributed by atoms with E-state index in [-0.39, 0.29) is 11.8 Å². The number of hydrogen-bond acceptors (Lipinski definition) is 4. The number of carbonyl (C=O) groups excluding carboxylic acids is 1. The summed E-state index contributed by atoms with van der Waals surface area (Å²) in [5.41, 5.74) is 11.8. The molecule has 0 bridgehead atoms. The van der Waals surface area contributed by atoms with Crippen LogP contribution in [0.5, 0.6) is 0 Å². The Morgan fingerprint density at radius 3 is 2.69 bits per heavy atom. The number of fused-ring (bicyclic) bond motifs is 3. The van der Waals surface area contributed by atoms with E-state index >= 15 is 0 Å². The van der Waals surface area contributed by atoms with Gasteiger partial charge in [-0.25, -0.2) is 9.97 Å². The molecule has 1 atom stereocenters. The van der Waals surface area contributed by atoms with E-state index in [2.05, 4.69) is 19.2 Å². The van der Waals surface area contributed by atoms with Crippen molar-refractivity contribution in [2.45, 2.75) is 53.4 Å². The number of benzene rings is 1. The largest absolute Gasteiger partial charge is 0.399 e. The van der Waals surface area contributed by atoms with E-state index in [1.807, 2.05) is 32.0 Å². The Morgan fingerprint density at radius 1 is 1.23 bits per heavy atom. The summed E-state index contributed by atoms with van der Waals surface area (Å²) in [5.74, 6) is 1.02. The fourth-order valence-electron chi connectivity index (χ4n) is 3.25. The number of aryl methyl sites for hydroxylation is 2. The minimum Gasteiger partial charge on any atom is -0.399 e. The first-order valence-corrected chi connectivity index (χ1v) is 9.48. The number of nitrogen functional groups attached to an aromatic ring is 1. The number of nitrogens with one attached hydrogen (secondary N) is 1. The van der Waals surface area contributed by atoms with Crippen molar-refractivity contribution < 1.29 is 4.79 Å². The first-order chi connectivity index (χ1) is 12.4. The molecule has 5 nitrogen and oxygen atoms in total. The van der Waals surface area contributed by atoms with Crippen molar-refractivity contribution in [2.75, 3.05) is 11.1 Å². The highest BCUT2D eigenvalue weighted by molar-refractivity contribution is 5.92. The quantitative estimate of drug-likeness (QED) is 0.797. The molecule has 0 saturated heterocycles. The van der Waals surface area contributed by atoms with E-state index < -0.39 is 0 Å². The predicted molar refractivity (Wildman–Crippen MR) is 106 cm³/mol. The van der Waals surface area contributed by atoms with Gasteiger partial charge in [-0.2, -0.15) is 0 Å². The third-order valence-corrected chi connectivity index (χ3v) is 4.96. The molecule has 0 fully saturated rings. The van der Waals surface area contributed by atoms with Crippen LogP contribution < -0.4 is 11.1 Å². The van der Waals surface area contributed by atoms with Crippen LogP contribution in [0.4, 0.5) is 11.5 Å². The van der Waals surface area contributed by atoms with Gasteiger partial charge in [0, 0.05) is 17.2 Å². The number of nitrogens with two attached hydrogens (primary N) is 1. The zero-order valence-corrected chi connectivity index (χ0v) is 16.1. The molecule has 3 N–H and O–H groups in total. The Labute approximate surface area is 155 Å². The summed E-state index contributed by atoms with van der Waals surface area (Å²) in [6.07, 6.45) is 3.29. The molecular formula is C21H28N4O. The lowest BCUT2D eigenvalue weighted by molar-refractivity contribution is -0.119. The van der Waals surface area contributed by atoms with E-state index in [1.165, 1.54) is 5.56 Å². The Hall–Kier alpha value is -2.43. The van der Waals surface area contributed by atoms with Crippen molar-refractivity contribution >= 4 is 17.4 Å². The maximum atomic E-state index is 12.4. The molecule has 0 spiro atoms. The van der Waals surface area contributed by atoms with Crippen molar-refractivity contribution in [1.29, 1.82) is 0 Å². The fraction of sp³-hybridized carbons (Fsp3) is 0.476. The summed E-state index contributed by atoms with van der Waals surface area (Å²) < 4.78 is 0. The predicted octanol–water partition coefficient (Wildman–Crippen LogP) is 4.01. The molecule has 1 amide bonds. The molecule has 26 heavy (non-hydrogen) atoms. The van der Waals surface area contributed by atoms with Crippen LogP contribution in [0.2, 0.25) is 0 Å². The molecule has 0 aliphatic heterocycles. The third-order valence-electron chi connectivity index (χ3n) is 4.96. The summed E-state index contributed by atoms with van der Waals surface area (Å²) >= 11 is 0. The second-order valence-corrected chi connectivity index (χ2v) is 7.63. The molecule has 1 unspecified atom stereocenters. The molecule has 3 rings (SSSR count). The van der Waals surface area contributed by atoms with Crippen molar-refractivity contribution in [2.24, 2.45) is 11.8 Å². The van der Waals surface area contributed by atoms with E-state index in [0.717, 1.165) is 54.0 Å². The van der Waals surface area contributed by atoms with E-state index in [1.54, 1.807) is 0 Å². The van der Waals surface area contributed by atoms with Crippen LogP contribution in [0.3, 0.4) is 0 Å². The molecule has 1 aromatic carbocycles. The van der Waals surface area contributed by atoms with Crippen LogP contribution in [0.1, 0.15) is 51.1 Å². The van der Waals surface area contributed by atoms with Crippen LogP contribution in [0.25, 0.3) is 11.3 Å². The first kappa shape index (κ1) is 18.4. The van der Waals surface area contributed by atoms with E-state index in [0.29, 0.717) is 11.7 Å². The van der Waals surface area contributed by atoms with Crippen LogP contribution in [0, 0.1) is 11.8 Å². The number of carbonyl (C=O) groups is 1. The summed E-state index contributed by atoms with van der Waals surface area (Å²) in [5, 5.41) is 3.02. The van der Waals surface area contributed by atoms with Crippen molar-refractivity contribution in [3.8, 4) is 11.3 Å². The first-order valence-electron chi connectivity index (χ1n) is 9.48. The molecule has 138 valence electrons. The standard InChI is InChI=1S/C21H28N4O/c1-5-13(4)21(26)25-20-18(10-12(2)3)23-19-16-8-7-15(22)11-14(16)6-9-17(19)24-20/h7-8,11-13H,5-6,9-10,22H2,1-4H3,(H,24,25,26). The molecule has 1 aliphatic carbocycles. The van der Waals surface area contributed by atoms with Gasteiger partial charge in [-0.05, 0) is 49.3 Å². The molecule has 0 saturated carbocycles. The fourth-order valence-corrected chi connectivity index (χ4v) is 3.25. The van der Waals surface area contributed by atoms with Gasteiger partial charge in [0.25, 0.3) is 0 Å². The summed E-state index contributed by atoms with van der Waals surface area (Å²) in [4.78, 5) is 22.2. The average Bonchev–Trinajstić information content (AvgIpc) is 2.60. The van der Waals surface area contributed by atoms with Gasteiger partial charge in [-0.15, -0.1) is 0 Å². The van der Waals surface area contributed by atoms with Crippen molar-refractivity contribution in [1.82, 2.24) is 9.97 Å². The number of rotatable bonds is 5. The molecule has 0 radical (unpaired) electrons. The van der Waals surface area contributed by atoms with Crippen molar-refractivity contribution in [3.05, 3.63) is 35.2 Å². The lowest BCUT2D eigenvalue weighted by Gasteiger charge is -2.22. The number of hydrogen-bond donors (Lipinski definition) is 2. The minimum absolute atomic E-state index is 0.00994. The number of aromatic nitrogens is 2. The number of amides is 1. The summed E-state index contributed by atoms with van der Waals surface area (Å²) in [6, 6.07) is 5.98. The second-order valence-electron chi connectivity index (χ2n) is 7.63. The van der Waals surface area contributed by atoms with Crippen LogP contribution in [-0.2, 0) is 24.1 Å². The minimum atomic E-state index is -0.0385. The zero-order valence-electron chi connectivity index (χ0n) is 16.1. The highest BCUT2D eigenvalue weighted by atomic mass is 16.1. The highest BCUT2D eigenvalue weighted by Gasteiger charge is 2.23. The smallest absolute Gasteiger partial charge is 0.228 e. The van der Waals surface area contributed by atoms with Gasteiger partial charge in [0.05, 0.1) is 17.1 Å². The molecule has 1 heterocycles. The number of anilines is 2. The van der Waals surface area contributed by atoms with Gasteiger partial charge in [0.15, 0.2) is 5.82 Å². The van der Waals surface area contributed by atoms with Gasteiger partial charge in [-0.3, -0.25) is 4.79 Å². The number of nitrogens with zero attached hydrogens (tertiary/aromatic N) is 2. The molecular weight excluding hydrogens is 324 g/mol. The van der Waals surface area contributed by atoms with Crippen LogP contribution >= 0.6 is 0 Å². The zero-order chi connectivity index (χ0) is 18.8. The third kappa shape index (κ3) is 3.71. The average molecular weight is 352 g/mol. The lowest BCUT2D eigenvalue weighted by atomic mass is 9.91. The van der Waals surface area contributed by atoms with Gasteiger partial charge in [-0.1, -0.05) is 33.8 Å². The Kier molecular flexibility index (Phi) is 5.25. The maximum Gasteiger partial charge on any atom is 0.228 e. The van der Waals surface area contributed by atoms with Crippen LogP contribution in [-0.4, -0.2) is 15.9 Å². The normalized spacial score (nSPS) is 13.9. The molecule has 5 heteroatoms. The van der Waals surface area contributed by atoms with Crippen LogP contribution in [0.15, 0.2) is 18.2 Å². The monoisotopic (exact) mass is 352 g/mol. The lowest BCUT2D eigenvalue weighted by Crippen LogP contribution is -2.23. The summed E-state index contributed by atoms with van der Waals surface area (Å²) in [7, 11) is 0. The van der Waals surface area contributed by atoms with Gasteiger partial charge in [0.1, 0.15) is 0 Å². The molecule has 1 aromatic heterocycles. The topological polar surface area (TPSA) is 80.9 Å². The van der Waals surface area contributed by atoms with Crippen molar-refractivity contribution in [3.63, 3.8) is 0 Å². The van der Waals surface area contributed by atoms with Gasteiger partial charge in [0.2, 0.25) is 5.91 Å². The Balaban J connectivity index is 2.05. The molecule has 1 aliphatic rings.